The first-order valence-corrected chi connectivity index (χ1v) is 9.05. The van der Waals surface area contributed by atoms with Crippen LogP contribution in [0.25, 0.3) is 11.3 Å². The van der Waals surface area contributed by atoms with Gasteiger partial charge in [-0.1, -0.05) is 53.5 Å². The van der Waals surface area contributed by atoms with Crippen molar-refractivity contribution >= 4 is 45.6 Å². The Kier molecular flexibility index (Phi) is 5.58. The summed E-state index contributed by atoms with van der Waals surface area (Å²) in [4.78, 5) is 16.4. The number of anilines is 1. The molecule has 4 nitrogen and oxygen atoms in total. The van der Waals surface area contributed by atoms with Crippen molar-refractivity contribution in [3.63, 3.8) is 0 Å². The van der Waals surface area contributed by atoms with Gasteiger partial charge in [-0.3, -0.25) is 4.79 Å². The number of benzene rings is 2. The lowest BCUT2D eigenvalue weighted by Gasteiger charge is -2.04. The Morgan fingerprint density at radius 2 is 1.84 bits per heavy atom. The van der Waals surface area contributed by atoms with Gasteiger partial charge in [-0.05, 0) is 23.8 Å². The topological polar surface area (TPSA) is 62.2 Å². The Morgan fingerprint density at radius 1 is 1.12 bits per heavy atom. The summed E-state index contributed by atoms with van der Waals surface area (Å²) in [5.41, 5.74) is 2.45. The molecular weight excluding hydrogens is 379 g/mol. The summed E-state index contributed by atoms with van der Waals surface area (Å²) >= 11 is 13.4. The molecule has 0 spiro atoms. The minimum Gasteiger partial charge on any atom is -0.481 e. The number of carbonyl (C=O) groups is 1. The van der Waals surface area contributed by atoms with E-state index in [4.69, 9.17) is 28.3 Å². The monoisotopic (exact) mass is 392 g/mol. The largest absolute Gasteiger partial charge is 0.481 e. The molecule has 2 aromatic carbocycles. The first-order chi connectivity index (χ1) is 12.0. The highest BCUT2D eigenvalue weighted by Gasteiger charge is 2.16. The number of carboxylic acids is 1. The summed E-state index contributed by atoms with van der Waals surface area (Å²) in [5, 5.41) is 14.3. The maximum Gasteiger partial charge on any atom is 0.308 e. The number of hydrogen-bond acceptors (Lipinski definition) is 4. The smallest absolute Gasteiger partial charge is 0.308 e. The fourth-order valence-corrected chi connectivity index (χ4v) is 3.63. The minimum atomic E-state index is -0.892. The number of nitrogens with one attached hydrogen (secondary N) is 1. The number of carboxylic acid groups (broad SMARTS) is 1. The number of rotatable bonds is 6. The second-order valence-corrected chi connectivity index (χ2v) is 7.24. The highest BCUT2D eigenvalue weighted by Crippen LogP contribution is 2.32. The summed E-state index contributed by atoms with van der Waals surface area (Å²) in [7, 11) is 0. The van der Waals surface area contributed by atoms with Crippen molar-refractivity contribution in [2.45, 2.75) is 13.0 Å². The van der Waals surface area contributed by atoms with Gasteiger partial charge in [0.2, 0.25) is 0 Å². The minimum absolute atomic E-state index is 0.0800. The van der Waals surface area contributed by atoms with Crippen molar-refractivity contribution in [2.75, 3.05) is 5.32 Å². The van der Waals surface area contributed by atoms with Crippen molar-refractivity contribution in [1.29, 1.82) is 0 Å². The van der Waals surface area contributed by atoms with Gasteiger partial charge in [0.05, 0.1) is 12.1 Å². The lowest BCUT2D eigenvalue weighted by molar-refractivity contribution is -0.136. The SMILES string of the molecule is O=C(O)Cc1sc(NCc2ccccc2Cl)nc1-c1ccc(Cl)cc1. The number of hydrogen-bond donors (Lipinski definition) is 2. The summed E-state index contributed by atoms with van der Waals surface area (Å²) in [6.45, 7) is 0.514. The van der Waals surface area contributed by atoms with Crippen LogP contribution in [0.4, 0.5) is 5.13 Å². The molecule has 0 atom stereocenters. The van der Waals surface area contributed by atoms with Crippen LogP contribution in [0, 0.1) is 0 Å². The van der Waals surface area contributed by atoms with Crippen molar-refractivity contribution in [3.05, 3.63) is 69.0 Å². The normalized spacial score (nSPS) is 10.6. The molecule has 2 N–H and O–H groups in total. The third-order valence-electron chi connectivity index (χ3n) is 3.51. The van der Waals surface area contributed by atoms with Crippen LogP contribution in [0.2, 0.25) is 10.0 Å². The van der Waals surface area contributed by atoms with Crippen LogP contribution < -0.4 is 5.32 Å². The van der Waals surface area contributed by atoms with Crippen LogP contribution in [0.1, 0.15) is 10.4 Å². The van der Waals surface area contributed by atoms with E-state index < -0.39 is 5.97 Å². The van der Waals surface area contributed by atoms with Gasteiger partial charge in [-0.15, -0.1) is 11.3 Å². The molecule has 1 aromatic heterocycles. The van der Waals surface area contributed by atoms with Crippen molar-refractivity contribution in [1.82, 2.24) is 4.98 Å². The van der Waals surface area contributed by atoms with Crippen LogP contribution in [0.3, 0.4) is 0 Å². The highest BCUT2D eigenvalue weighted by atomic mass is 35.5. The Morgan fingerprint density at radius 3 is 2.52 bits per heavy atom. The summed E-state index contributed by atoms with van der Waals surface area (Å²) < 4.78 is 0. The molecule has 3 aromatic rings. The number of halogens is 2. The van der Waals surface area contributed by atoms with E-state index in [-0.39, 0.29) is 6.42 Å². The van der Waals surface area contributed by atoms with Gasteiger partial charge in [0, 0.05) is 27.0 Å². The molecule has 1 heterocycles. The molecule has 0 aliphatic rings. The molecule has 0 saturated carbocycles. The van der Waals surface area contributed by atoms with Crippen LogP contribution in [0.15, 0.2) is 48.5 Å². The molecule has 0 aliphatic carbocycles. The third kappa shape index (κ3) is 4.51. The van der Waals surface area contributed by atoms with E-state index in [0.29, 0.717) is 32.3 Å². The maximum absolute atomic E-state index is 11.2. The quantitative estimate of drug-likeness (QED) is 0.592. The molecule has 7 heteroatoms. The highest BCUT2D eigenvalue weighted by molar-refractivity contribution is 7.16. The van der Waals surface area contributed by atoms with E-state index in [9.17, 15) is 4.79 Å². The second-order valence-electron chi connectivity index (χ2n) is 5.31. The van der Waals surface area contributed by atoms with Crippen LogP contribution in [0.5, 0.6) is 0 Å². The van der Waals surface area contributed by atoms with Crippen LogP contribution >= 0.6 is 34.5 Å². The molecule has 0 unspecified atom stereocenters. The number of aliphatic carboxylic acids is 1. The van der Waals surface area contributed by atoms with Gasteiger partial charge in [0.15, 0.2) is 5.13 Å². The fourth-order valence-electron chi connectivity index (χ4n) is 2.33. The molecule has 0 aliphatic heterocycles. The predicted octanol–water partition coefficient (Wildman–Crippen LogP) is 5.36. The van der Waals surface area contributed by atoms with E-state index >= 15 is 0 Å². The van der Waals surface area contributed by atoms with Gasteiger partial charge in [0.25, 0.3) is 0 Å². The molecule has 0 fully saturated rings. The lowest BCUT2D eigenvalue weighted by Crippen LogP contribution is -1.99. The van der Waals surface area contributed by atoms with Gasteiger partial charge < -0.3 is 10.4 Å². The van der Waals surface area contributed by atoms with Crippen molar-refractivity contribution in [2.24, 2.45) is 0 Å². The molecule has 0 saturated heterocycles. The van der Waals surface area contributed by atoms with E-state index in [0.717, 1.165) is 11.1 Å². The molecule has 128 valence electrons. The van der Waals surface area contributed by atoms with E-state index in [1.807, 2.05) is 36.4 Å². The predicted molar refractivity (Wildman–Crippen MR) is 103 cm³/mol. The molecule has 3 rings (SSSR count). The second kappa shape index (κ2) is 7.87. The molecule has 0 bridgehead atoms. The standard InChI is InChI=1S/C18H14Cl2N2O2S/c19-13-7-5-11(6-8-13)17-15(9-16(23)24)25-18(22-17)21-10-12-3-1-2-4-14(12)20/h1-8H,9-10H2,(H,21,22)(H,23,24). The fraction of sp³-hybridized carbons (Fsp3) is 0.111. The molecule has 0 amide bonds. The zero-order chi connectivity index (χ0) is 17.8. The van der Waals surface area contributed by atoms with Crippen molar-refractivity contribution < 1.29 is 9.90 Å². The zero-order valence-corrected chi connectivity index (χ0v) is 15.3. The first kappa shape index (κ1) is 17.7. The van der Waals surface area contributed by atoms with Gasteiger partial charge in [-0.25, -0.2) is 4.98 Å². The van der Waals surface area contributed by atoms with Crippen molar-refractivity contribution in [3.8, 4) is 11.3 Å². The van der Waals surface area contributed by atoms with Gasteiger partial charge in [-0.2, -0.15) is 0 Å². The Balaban J connectivity index is 1.86. The molecule has 0 radical (unpaired) electrons. The average Bonchev–Trinajstić information content (AvgIpc) is 2.97. The van der Waals surface area contributed by atoms with Gasteiger partial charge in [0.1, 0.15) is 0 Å². The number of aromatic nitrogens is 1. The summed E-state index contributed by atoms with van der Waals surface area (Å²) in [6.07, 6.45) is -0.0800. The molecule has 25 heavy (non-hydrogen) atoms. The number of thiazole rings is 1. The van der Waals surface area contributed by atoms with E-state index in [2.05, 4.69) is 10.3 Å². The Hall–Kier alpha value is -2.08. The lowest BCUT2D eigenvalue weighted by atomic mass is 10.1. The van der Waals surface area contributed by atoms with E-state index in [1.54, 1.807) is 12.1 Å². The third-order valence-corrected chi connectivity index (χ3v) is 5.15. The van der Waals surface area contributed by atoms with Crippen LogP contribution in [-0.4, -0.2) is 16.1 Å². The first-order valence-electron chi connectivity index (χ1n) is 7.47. The Labute approximate surface area is 159 Å². The summed E-state index contributed by atoms with van der Waals surface area (Å²) in [6, 6.07) is 14.7. The van der Waals surface area contributed by atoms with Gasteiger partial charge >= 0.3 is 5.97 Å². The van der Waals surface area contributed by atoms with E-state index in [1.165, 1.54) is 11.3 Å². The molecular formula is C18H14Cl2N2O2S. The van der Waals surface area contributed by atoms with Crippen LogP contribution in [-0.2, 0) is 17.8 Å². The zero-order valence-electron chi connectivity index (χ0n) is 13.0. The maximum atomic E-state index is 11.2. The Bertz CT molecular complexity index is 894. The average molecular weight is 393 g/mol. The summed E-state index contributed by atoms with van der Waals surface area (Å²) in [5.74, 6) is -0.892. The number of nitrogens with zero attached hydrogens (tertiary/aromatic N) is 1.